The van der Waals surface area contributed by atoms with E-state index in [9.17, 15) is 8.78 Å². The van der Waals surface area contributed by atoms with Crippen LogP contribution in [-0.2, 0) is 0 Å². The Morgan fingerprint density at radius 2 is 2.24 bits per heavy atom. The first-order chi connectivity index (χ1) is 8.20. The first-order valence-corrected chi connectivity index (χ1v) is 5.77. The van der Waals surface area contributed by atoms with E-state index in [0.29, 0.717) is 12.1 Å². The maximum absolute atomic E-state index is 13.5. The van der Waals surface area contributed by atoms with E-state index in [-0.39, 0.29) is 11.9 Å². The fourth-order valence-corrected chi connectivity index (χ4v) is 1.90. The molecule has 0 aliphatic carbocycles. The fourth-order valence-electron chi connectivity index (χ4n) is 1.90. The molecule has 0 bridgehead atoms. The molecule has 1 heterocycles. The van der Waals surface area contributed by atoms with E-state index < -0.39 is 5.82 Å². The van der Waals surface area contributed by atoms with Crippen molar-refractivity contribution in [3.63, 3.8) is 0 Å². The average molecular weight is 235 g/mol. The molecule has 0 radical (unpaired) electrons. The van der Waals surface area contributed by atoms with Gasteiger partial charge in [0.1, 0.15) is 11.6 Å². The minimum atomic E-state index is -0.408. The molecule has 1 aliphatic heterocycles. The van der Waals surface area contributed by atoms with Gasteiger partial charge in [0.05, 0.1) is 0 Å². The summed E-state index contributed by atoms with van der Waals surface area (Å²) in [6.45, 7) is 2.63. The molecule has 1 aromatic carbocycles. The van der Waals surface area contributed by atoms with Crippen LogP contribution < -0.4 is 5.32 Å². The number of rotatable bonds is 3. The van der Waals surface area contributed by atoms with Crippen LogP contribution in [0.1, 0.15) is 18.9 Å². The third kappa shape index (κ3) is 2.80. The predicted octanol–water partition coefficient (Wildman–Crippen LogP) is 3.29. The Balaban J connectivity index is 2.23. The van der Waals surface area contributed by atoms with Crippen LogP contribution in [-0.4, -0.2) is 12.6 Å². The molecular weight excluding hydrogens is 220 g/mol. The average Bonchev–Trinajstić information content (AvgIpc) is 2.78. The van der Waals surface area contributed by atoms with Crippen molar-refractivity contribution in [2.24, 2.45) is 0 Å². The Bertz CT molecular complexity index is 463. The SMILES string of the molecule is CC/C=C/[C@@H]1C=C(c2cc(F)ccc2F)CN1. The van der Waals surface area contributed by atoms with Gasteiger partial charge in [-0.2, -0.15) is 0 Å². The lowest BCUT2D eigenvalue weighted by Gasteiger charge is -2.03. The Morgan fingerprint density at radius 1 is 1.41 bits per heavy atom. The first kappa shape index (κ1) is 12.0. The number of benzene rings is 1. The van der Waals surface area contributed by atoms with Crippen LogP contribution >= 0.6 is 0 Å². The summed E-state index contributed by atoms with van der Waals surface area (Å²) in [5, 5.41) is 3.22. The van der Waals surface area contributed by atoms with E-state index in [2.05, 4.69) is 18.3 Å². The molecular formula is C14H15F2N. The van der Waals surface area contributed by atoms with Gasteiger partial charge in [0.15, 0.2) is 0 Å². The van der Waals surface area contributed by atoms with Crippen molar-refractivity contribution in [2.45, 2.75) is 19.4 Å². The molecule has 17 heavy (non-hydrogen) atoms. The highest BCUT2D eigenvalue weighted by Gasteiger charge is 2.16. The maximum atomic E-state index is 13.5. The molecule has 2 rings (SSSR count). The van der Waals surface area contributed by atoms with E-state index in [1.165, 1.54) is 12.1 Å². The van der Waals surface area contributed by atoms with Gasteiger partial charge in [-0.15, -0.1) is 0 Å². The van der Waals surface area contributed by atoms with Crippen LogP contribution in [0.15, 0.2) is 36.4 Å². The molecule has 3 heteroatoms. The summed E-state index contributed by atoms with van der Waals surface area (Å²) in [6, 6.07) is 3.67. The highest BCUT2D eigenvalue weighted by molar-refractivity contribution is 5.70. The molecule has 1 aliphatic rings. The van der Waals surface area contributed by atoms with Crippen LogP contribution in [0, 0.1) is 11.6 Å². The summed E-state index contributed by atoms with van der Waals surface area (Å²) in [7, 11) is 0. The monoisotopic (exact) mass is 235 g/mol. The van der Waals surface area contributed by atoms with Gasteiger partial charge in [-0.05, 0) is 30.2 Å². The van der Waals surface area contributed by atoms with E-state index in [0.717, 1.165) is 18.1 Å². The Labute approximate surface area is 99.8 Å². The van der Waals surface area contributed by atoms with Gasteiger partial charge in [0, 0.05) is 18.2 Å². The van der Waals surface area contributed by atoms with Crippen molar-refractivity contribution in [3.8, 4) is 0 Å². The molecule has 90 valence electrons. The quantitative estimate of drug-likeness (QED) is 0.793. The second kappa shape index (κ2) is 5.23. The molecule has 0 amide bonds. The highest BCUT2D eigenvalue weighted by Crippen LogP contribution is 2.23. The third-order valence-corrected chi connectivity index (χ3v) is 2.76. The van der Waals surface area contributed by atoms with Crippen molar-refractivity contribution in [2.75, 3.05) is 6.54 Å². The lowest BCUT2D eigenvalue weighted by molar-refractivity contribution is 0.596. The first-order valence-electron chi connectivity index (χ1n) is 5.77. The van der Waals surface area contributed by atoms with Crippen molar-refractivity contribution < 1.29 is 8.78 Å². The van der Waals surface area contributed by atoms with Crippen LogP contribution in [0.25, 0.3) is 5.57 Å². The number of allylic oxidation sites excluding steroid dienone is 1. The summed E-state index contributed by atoms with van der Waals surface area (Å²) in [5.41, 5.74) is 1.16. The van der Waals surface area contributed by atoms with Crippen LogP contribution in [0.5, 0.6) is 0 Å². The molecule has 1 N–H and O–H groups in total. The van der Waals surface area contributed by atoms with Crippen LogP contribution in [0.4, 0.5) is 8.78 Å². The van der Waals surface area contributed by atoms with Crippen LogP contribution in [0.3, 0.4) is 0 Å². The second-order valence-electron chi connectivity index (χ2n) is 4.06. The minimum Gasteiger partial charge on any atom is -0.303 e. The van der Waals surface area contributed by atoms with Gasteiger partial charge in [-0.3, -0.25) is 0 Å². The van der Waals surface area contributed by atoms with Gasteiger partial charge in [-0.25, -0.2) is 8.78 Å². The summed E-state index contributed by atoms with van der Waals surface area (Å²) in [6.07, 6.45) is 6.99. The Hall–Kier alpha value is -1.48. The summed E-state index contributed by atoms with van der Waals surface area (Å²) >= 11 is 0. The summed E-state index contributed by atoms with van der Waals surface area (Å²) in [5.74, 6) is -0.783. The highest BCUT2D eigenvalue weighted by atomic mass is 19.1. The zero-order chi connectivity index (χ0) is 12.3. The molecule has 0 spiro atoms. The Kier molecular flexibility index (Phi) is 3.69. The van der Waals surface area contributed by atoms with Crippen molar-refractivity contribution in [1.29, 1.82) is 0 Å². The predicted molar refractivity (Wildman–Crippen MR) is 65.6 cm³/mol. The zero-order valence-electron chi connectivity index (χ0n) is 9.71. The number of halogens is 2. The topological polar surface area (TPSA) is 12.0 Å². The lowest BCUT2D eigenvalue weighted by atomic mass is 10.1. The smallest absolute Gasteiger partial charge is 0.130 e. The van der Waals surface area contributed by atoms with Gasteiger partial charge in [0.2, 0.25) is 0 Å². The zero-order valence-corrected chi connectivity index (χ0v) is 9.71. The number of nitrogens with one attached hydrogen (secondary N) is 1. The lowest BCUT2D eigenvalue weighted by Crippen LogP contribution is -2.19. The van der Waals surface area contributed by atoms with E-state index in [4.69, 9.17) is 0 Å². The molecule has 0 fully saturated rings. The summed E-state index contributed by atoms with van der Waals surface area (Å²) < 4.78 is 26.6. The normalized spacial score (nSPS) is 19.9. The molecule has 0 aromatic heterocycles. The van der Waals surface area contributed by atoms with Crippen molar-refractivity contribution >= 4 is 5.57 Å². The second-order valence-corrected chi connectivity index (χ2v) is 4.06. The minimum absolute atomic E-state index is 0.118. The number of hydrogen-bond acceptors (Lipinski definition) is 1. The van der Waals surface area contributed by atoms with E-state index >= 15 is 0 Å². The van der Waals surface area contributed by atoms with Gasteiger partial charge in [0.25, 0.3) is 0 Å². The molecule has 0 saturated carbocycles. The molecule has 1 atom stereocenters. The maximum Gasteiger partial charge on any atom is 0.130 e. The molecule has 1 nitrogen and oxygen atoms in total. The van der Waals surface area contributed by atoms with Gasteiger partial charge < -0.3 is 5.32 Å². The van der Waals surface area contributed by atoms with Crippen molar-refractivity contribution in [3.05, 3.63) is 53.6 Å². The fraction of sp³-hybridized carbons (Fsp3) is 0.286. The van der Waals surface area contributed by atoms with Crippen molar-refractivity contribution in [1.82, 2.24) is 5.32 Å². The van der Waals surface area contributed by atoms with Gasteiger partial charge >= 0.3 is 0 Å². The number of hydrogen-bond donors (Lipinski definition) is 1. The molecule has 1 aromatic rings. The third-order valence-electron chi connectivity index (χ3n) is 2.76. The van der Waals surface area contributed by atoms with E-state index in [1.54, 1.807) is 0 Å². The standard InChI is InChI=1S/C14H15F2N/c1-2-3-4-12-7-10(9-17-12)13-8-11(15)5-6-14(13)16/h3-8,12,17H,2,9H2,1H3/b4-3+/t12-/m1/s1. The van der Waals surface area contributed by atoms with Gasteiger partial charge in [-0.1, -0.05) is 25.2 Å². The summed E-state index contributed by atoms with van der Waals surface area (Å²) in [4.78, 5) is 0. The van der Waals surface area contributed by atoms with Crippen LogP contribution in [0.2, 0.25) is 0 Å². The molecule has 0 saturated heterocycles. The largest absolute Gasteiger partial charge is 0.303 e. The van der Waals surface area contributed by atoms with E-state index in [1.807, 2.05) is 12.2 Å². The molecule has 0 unspecified atom stereocenters. The Morgan fingerprint density at radius 3 is 3.00 bits per heavy atom.